The smallest absolute Gasteiger partial charge is 0.262 e. The van der Waals surface area contributed by atoms with E-state index in [1.165, 1.54) is 0 Å². The first-order valence-electron chi connectivity index (χ1n) is 23.3. The van der Waals surface area contributed by atoms with Crippen molar-refractivity contribution < 1.29 is 47.7 Å². The van der Waals surface area contributed by atoms with Crippen molar-refractivity contribution in [2.75, 3.05) is 90.3 Å². The van der Waals surface area contributed by atoms with Crippen molar-refractivity contribution in [1.29, 1.82) is 0 Å². The predicted octanol–water partition coefficient (Wildman–Crippen LogP) is 5.95. The van der Waals surface area contributed by atoms with Gasteiger partial charge in [-0.05, 0) is 61.9 Å². The van der Waals surface area contributed by atoms with Crippen LogP contribution in [0.4, 0.5) is 17.3 Å². The second-order valence-electron chi connectivity index (χ2n) is 17.0. The quantitative estimate of drug-likeness (QED) is 0.0512. The van der Waals surface area contributed by atoms with Crippen LogP contribution in [0, 0.1) is 0 Å². The molecule has 5 amide bonds. The number of imide groups is 2. The number of nitrogens with one attached hydrogen (secondary N) is 3. The van der Waals surface area contributed by atoms with Gasteiger partial charge in [0.15, 0.2) is 0 Å². The van der Waals surface area contributed by atoms with Crippen LogP contribution in [0.1, 0.15) is 64.8 Å². The number of anilines is 3. The average Bonchev–Trinajstić information content (AvgIpc) is 3.90. The van der Waals surface area contributed by atoms with Crippen LogP contribution < -0.4 is 20.3 Å². The van der Waals surface area contributed by atoms with Crippen molar-refractivity contribution in [2.24, 2.45) is 0 Å². The zero-order valence-electron chi connectivity index (χ0n) is 38.8. The van der Waals surface area contributed by atoms with Gasteiger partial charge < -0.3 is 43.8 Å². The van der Waals surface area contributed by atoms with E-state index in [1.807, 2.05) is 60.6 Å². The number of carbonyl (C=O) groups excluding carboxylic acids is 5. The van der Waals surface area contributed by atoms with E-state index < -0.39 is 29.7 Å². The molecule has 0 bridgehead atoms. The summed E-state index contributed by atoms with van der Waals surface area (Å²) in [5.74, 6) is -0.969. The fourth-order valence-corrected chi connectivity index (χ4v) is 9.15. The molecule has 3 N–H and O–H groups in total. The predicted molar refractivity (Wildman–Crippen MR) is 258 cm³/mol. The SMILES string of the molecule is COc1cc(N2CCC(N(C)C(=O)CCOCCOCCOCCOCCCc3cccc4c3C(=O)N(C3CCC(=O)NC3=O)C4=O)CC2)ccc1Nc1ncc(Cl)c(-c2c[nH]c3ccccc23)n1. The molecule has 0 saturated carbocycles. The van der Waals surface area contributed by atoms with E-state index in [2.05, 4.69) is 25.5 Å². The van der Waals surface area contributed by atoms with Crippen molar-refractivity contribution >= 4 is 69.4 Å². The molecule has 69 heavy (non-hydrogen) atoms. The van der Waals surface area contributed by atoms with Gasteiger partial charge in [0, 0.05) is 73.6 Å². The summed E-state index contributed by atoms with van der Waals surface area (Å²) in [5, 5.41) is 6.99. The molecule has 1 atom stereocenters. The maximum Gasteiger partial charge on any atom is 0.262 e. The first kappa shape index (κ1) is 49.0. The molecular weight excluding hydrogens is 908 g/mol. The molecule has 2 fully saturated rings. The lowest BCUT2D eigenvalue weighted by atomic mass is 9.99. The summed E-state index contributed by atoms with van der Waals surface area (Å²) < 4.78 is 28.4. The Kier molecular flexibility index (Phi) is 16.5. The number of hydrogen-bond acceptors (Lipinski definition) is 14. The molecular formula is C50H57ClN8O10. The zero-order chi connectivity index (χ0) is 48.3. The molecule has 5 heterocycles. The Bertz CT molecular complexity index is 2650. The molecule has 19 heteroatoms. The molecule has 3 aromatic carbocycles. The number of para-hydroxylation sites is 1. The van der Waals surface area contributed by atoms with E-state index in [-0.39, 0.29) is 30.4 Å². The molecule has 364 valence electrons. The first-order valence-corrected chi connectivity index (χ1v) is 23.7. The number of methoxy groups -OCH3 is 1. The number of H-pyrrole nitrogens is 1. The maximum absolute atomic E-state index is 13.3. The van der Waals surface area contributed by atoms with E-state index in [4.69, 9.17) is 40.3 Å². The molecule has 2 saturated heterocycles. The third-order valence-corrected chi connectivity index (χ3v) is 12.9. The molecule has 2 aromatic heterocycles. The fourth-order valence-electron chi connectivity index (χ4n) is 8.95. The van der Waals surface area contributed by atoms with Gasteiger partial charge in [0.1, 0.15) is 11.8 Å². The molecule has 0 radical (unpaired) electrons. The standard InChI is InChI=1S/C50H57ClN8O10/c1-57(33-16-19-58(20-17-33)34-12-13-40(42(29-34)65-2)54-50-53-31-38(51)46(56-50)37-30-52-39-11-4-3-9-35(37)39)44(61)18-22-67-24-26-69-28-27-68-25-23-66-21-6-8-32-7-5-10-36-45(32)49(64)59(48(36)63)41-14-15-43(60)55-47(41)62/h3-5,7,9-13,29-31,33,41,52H,6,8,14-28H2,1-2H3,(H,53,54,56)(H,55,60,62). The van der Waals surface area contributed by atoms with Crippen molar-refractivity contribution in [3.63, 3.8) is 0 Å². The van der Waals surface area contributed by atoms with Crippen molar-refractivity contribution in [3.8, 4) is 17.0 Å². The summed E-state index contributed by atoms with van der Waals surface area (Å²) in [6.07, 6.45) is 6.77. The first-order chi connectivity index (χ1) is 33.6. The summed E-state index contributed by atoms with van der Waals surface area (Å²) in [6, 6.07) is 18.2. The van der Waals surface area contributed by atoms with Crippen LogP contribution in [0.5, 0.6) is 5.75 Å². The lowest BCUT2D eigenvalue weighted by Crippen LogP contribution is -2.54. The topological polar surface area (TPSA) is 207 Å². The van der Waals surface area contributed by atoms with E-state index >= 15 is 0 Å². The maximum atomic E-state index is 13.3. The fraction of sp³-hybridized carbons (Fsp3) is 0.420. The van der Waals surface area contributed by atoms with E-state index in [1.54, 1.807) is 31.5 Å². The summed E-state index contributed by atoms with van der Waals surface area (Å²) in [4.78, 5) is 80.9. The van der Waals surface area contributed by atoms with Crippen LogP contribution in [-0.2, 0) is 39.8 Å². The Morgan fingerprint density at radius 2 is 1.58 bits per heavy atom. The van der Waals surface area contributed by atoms with Crippen molar-refractivity contribution in [1.82, 2.24) is 30.1 Å². The van der Waals surface area contributed by atoms with Crippen LogP contribution in [0.3, 0.4) is 0 Å². The molecule has 18 nitrogen and oxygen atoms in total. The van der Waals surface area contributed by atoms with Crippen LogP contribution in [0.25, 0.3) is 22.2 Å². The summed E-state index contributed by atoms with van der Waals surface area (Å²) in [5.41, 5.74) is 5.56. The van der Waals surface area contributed by atoms with Gasteiger partial charge in [0.2, 0.25) is 23.7 Å². The number of amides is 5. The number of rotatable bonds is 23. The highest BCUT2D eigenvalue weighted by molar-refractivity contribution is 6.33. The third-order valence-electron chi connectivity index (χ3n) is 12.7. The third kappa shape index (κ3) is 11.7. The number of aryl methyl sites for hydroxylation is 1. The van der Waals surface area contributed by atoms with E-state index in [9.17, 15) is 24.0 Å². The molecule has 3 aliphatic heterocycles. The molecule has 3 aliphatic rings. The number of ether oxygens (including phenoxy) is 5. The normalized spacial score (nSPS) is 16.3. The van der Waals surface area contributed by atoms with Gasteiger partial charge >= 0.3 is 0 Å². The van der Waals surface area contributed by atoms with Gasteiger partial charge in [-0.1, -0.05) is 41.9 Å². The number of fused-ring (bicyclic) bond motifs is 2. The highest BCUT2D eigenvalue weighted by atomic mass is 35.5. The number of piperidine rings is 2. The minimum absolute atomic E-state index is 0.0490. The number of hydrogen-bond donors (Lipinski definition) is 3. The number of benzene rings is 3. The van der Waals surface area contributed by atoms with Gasteiger partial charge in [0.25, 0.3) is 11.8 Å². The van der Waals surface area contributed by atoms with Crippen LogP contribution in [0.15, 0.2) is 73.1 Å². The Labute approximate surface area is 404 Å². The van der Waals surface area contributed by atoms with Gasteiger partial charge in [0.05, 0.1) is 93.5 Å². The Morgan fingerprint density at radius 1 is 0.855 bits per heavy atom. The molecule has 8 rings (SSSR count). The Morgan fingerprint density at radius 3 is 2.32 bits per heavy atom. The largest absolute Gasteiger partial charge is 0.494 e. The minimum Gasteiger partial charge on any atom is -0.494 e. The summed E-state index contributed by atoms with van der Waals surface area (Å²) in [7, 11) is 3.50. The lowest BCUT2D eigenvalue weighted by molar-refractivity contribution is -0.136. The number of halogens is 1. The molecule has 0 aliphatic carbocycles. The Hall–Kier alpha value is -6.44. The van der Waals surface area contributed by atoms with Crippen LogP contribution in [-0.4, -0.2) is 146 Å². The second-order valence-corrected chi connectivity index (χ2v) is 17.4. The summed E-state index contributed by atoms with van der Waals surface area (Å²) in [6.45, 7) is 4.64. The Balaban J connectivity index is 0.655. The second kappa shape index (κ2) is 23.2. The highest BCUT2D eigenvalue weighted by Crippen LogP contribution is 2.36. The average molecular weight is 966 g/mol. The molecule has 0 spiro atoms. The number of aromatic nitrogens is 3. The van der Waals surface area contributed by atoms with E-state index in [0.717, 1.165) is 58.7 Å². The van der Waals surface area contributed by atoms with Crippen molar-refractivity contribution in [3.05, 3.63) is 94.8 Å². The summed E-state index contributed by atoms with van der Waals surface area (Å²) >= 11 is 6.56. The van der Waals surface area contributed by atoms with Gasteiger partial charge in [-0.15, -0.1) is 0 Å². The molecule has 5 aromatic rings. The van der Waals surface area contributed by atoms with Crippen molar-refractivity contribution in [2.45, 2.75) is 57.0 Å². The van der Waals surface area contributed by atoms with E-state index in [0.29, 0.717) is 106 Å². The van der Waals surface area contributed by atoms with Crippen LogP contribution >= 0.6 is 11.6 Å². The van der Waals surface area contributed by atoms with Gasteiger partial charge in [-0.3, -0.25) is 34.2 Å². The number of carbonyl (C=O) groups is 5. The number of nitrogens with zero attached hydrogens (tertiary/aromatic N) is 5. The number of aromatic amines is 1. The van der Waals surface area contributed by atoms with Gasteiger partial charge in [-0.25, -0.2) is 9.97 Å². The molecule has 1 unspecified atom stereocenters. The van der Waals surface area contributed by atoms with Gasteiger partial charge in [-0.2, -0.15) is 0 Å². The lowest BCUT2D eigenvalue weighted by Gasteiger charge is -2.38. The monoisotopic (exact) mass is 964 g/mol. The van der Waals surface area contributed by atoms with Crippen LogP contribution in [0.2, 0.25) is 5.02 Å². The zero-order valence-corrected chi connectivity index (χ0v) is 39.6. The minimum atomic E-state index is -0.996. The highest BCUT2D eigenvalue weighted by Gasteiger charge is 2.45.